The quantitative estimate of drug-likeness (QED) is 0.170. The van der Waals surface area contributed by atoms with E-state index in [2.05, 4.69) is 26.2 Å². The molecule has 2 atom stereocenters. The summed E-state index contributed by atoms with van der Waals surface area (Å²) in [5.74, 6) is -0.389. The molecular formula is C35H46F3N5O4. The molecule has 2 amide bonds. The lowest BCUT2D eigenvalue weighted by Crippen LogP contribution is -2.50. The SMILES string of the molecule is CC(C)CC(NC(c1ccccc1)C(F)(F)F)C(=O)NCCNc1ccc(N2CCOCC2)cc1.CNC(=O)OCc1ccccc1. The number of ether oxygens (including phenoxy) is 2. The number of halogens is 3. The van der Waals surface area contributed by atoms with Gasteiger partial charge in [0, 0.05) is 44.6 Å². The minimum atomic E-state index is -4.52. The van der Waals surface area contributed by atoms with Gasteiger partial charge in [0.25, 0.3) is 0 Å². The lowest BCUT2D eigenvalue weighted by atomic mass is 9.99. The first-order chi connectivity index (χ1) is 22.6. The molecule has 3 aromatic carbocycles. The van der Waals surface area contributed by atoms with Crippen molar-refractivity contribution in [3.63, 3.8) is 0 Å². The normalized spacial score (nSPS) is 14.3. The Bertz CT molecular complexity index is 1320. The maximum Gasteiger partial charge on any atom is 0.407 e. The van der Waals surface area contributed by atoms with E-state index in [1.807, 2.05) is 68.4 Å². The molecule has 0 spiro atoms. The second kappa shape index (κ2) is 19.4. The predicted molar refractivity (Wildman–Crippen MR) is 178 cm³/mol. The zero-order chi connectivity index (χ0) is 34.1. The van der Waals surface area contributed by atoms with Crippen LogP contribution in [0.25, 0.3) is 0 Å². The van der Waals surface area contributed by atoms with Gasteiger partial charge in [0.2, 0.25) is 5.91 Å². The fourth-order valence-electron chi connectivity index (χ4n) is 4.87. The molecule has 0 aliphatic carbocycles. The molecule has 1 aliphatic heterocycles. The maximum absolute atomic E-state index is 13.8. The number of carbonyl (C=O) groups excluding carboxylic acids is 2. The molecule has 0 bridgehead atoms. The number of benzene rings is 3. The summed E-state index contributed by atoms with van der Waals surface area (Å²) in [6.45, 7) is 8.02. The highest BCUT2D eigenvalue weighted by Crippen LogP contribution is 2.33. The summed E-state index contributed by atoms with van der Waals surface area (Å²) >= 11 is 0. The number of hydrogen-bond donors (Lipinski definition) is 4. The predicted octanol–water partition coefficient (Wildman–Crippen LogP) is 5.90. The third-order valence-corrected chi connectivity index (χ3v) is 7.27. The van der Waals surface area contributed by atoms with Gasteiger partial charge in [0.05, 0.1) is 19.3 Å². The number of nitrogens with one attached hydrogen (secondary N) is 4. The number of amides is 2. The molecular weight excluding hydrogens is 611 g/mol. The van der Waals surface area contributed by atoms with E-state index in [4.69, 9.17) is 9.47 Å². The number of alkyl halides is 3. The summed E-state index contributed by atoms with van der Waals surface area (Å²) in [7, 11) is 1.54. The van der Waals surface area contributed by atoms with Crippen molar-refractivity contribution in [2.45, 2.75) is 45.1 Å². The van der Waals surface area contributed by atoms with Crippen molar-refractivity contribution in [1.29, 1.82) is 0 Å². The highest BCUT2D eigenvalue weighted by molar-refractivity contribution is 5.81. The Morgan fingerprint density at radius 2 is 1.51 bits per heavy atom. The standard InChI is InChI=1S/C26H35F3N4O2.C9H11NO2/c1-19(2)18-23(32-24(26(27,28)29)20-6-4-3-5-7-20)25(34)31-13-12-30-21-8-10-22(11-9-21)33-14-16-35-17-15-33;1-10-9(11)12-7-8-5-3-2-4-6-8/h3-11,19,23-24,30,32H,12-18H2,1-2H3,(H,31,34);2-6H,7H2,1H3,(H,10,11). The van der Waals surface area contributed by atoms with Crippen molar-refractivity contribution in [3.05, 3.63) is 96.1 Å². The van der Waals surface area contributed by atoms with E-state index in [0.29, 0.717) is 26.1 Å². The van der Waals surface area contributed by atoms with Gasteiger partial charge in [-0.3, -0.25) is 10.1 Å². The van der Waals surface area contributed by atoms with Crippen molar-refractivity contribution < 1.29 is 32.2 Å². The van der Waals surface area contributed by atoms with Crippen LogP contribution in [-0.4, -0.2) is 70.7 Å². The van der Waals surface area contributed by atoms with E-state index in [1.165, 1.54) is 19.2 Å². The van der Waals surface area contributed by atoms with Gasteiger partial charge in [-0.1, -0.05) is 74.5 Å². The van der Waals surface area contributed by atoms with Crippen LogP contribution >= 0.6 is 0 Å². The van der Waals surface area contributed by atoms with Crippen molar-refractivity contribution in [1.82, 2.24) is 16.0 Å². The Hall–Kier alpha value is -4.29. The van der Waals surface area contributed by atoms with Gasteiger partial charge in [-0.15, -0.1) is 0 Å². The highest BCUT2D eigenvalue weighted by atomic mass is 19.4. The molecule has 4 N–H and O–H groups in total. The van der Waals surface area contributed by atoms with Crippen molar-refractivity contribution in [2.75, 3.05) is 56.7 Å². The van der Waals surface area contributed by atoms with E-state index in [0.717, 1.165) is 43.2 Å². The zero-order valence-electron chi connectivity index (χ0n) is 27.2. The Morgan fingerprint density at radius 3 is 2.09 bits per heavy atom. The summed E-state index contributed by atoms with van der Waals surface area (Å²) in [5, 5.41) is 11.0. The number of rotatable bonds is 13. The van der Waals surface area contributed by atoms with Gasteiger partial charge < -0.3 is 30.3 Å². The van der Waals surface area contributed by atoms with Crippen LogP contribution in [0.15, 0.2) is 84.9 Å². The monoisotopic (exact) mass is 657 g/mol. The van der Waals surface area contributed by atoms with Gasteiger partial charge in [-0.2, -0.15) is 13.2 Å². The smallest absolute Gasteiger partial charge is 0.407 e. The van der Waals surface area contributed by atoms with Crippen LogP contribution in [0, 0.1) is 5.92 Å². The van der Waals surface area contributed by atoms with Crippen LogP contribution in [0.5, 0.6) is 0 Å². The second-order valence-electron chi connectivity index (χ2n) is 11.4. The maximum atomic E-state index is 13.8. The topological polar surface area (TPSA) is 104 Å². The van der Waals surface area contributed by atoms with Gasteiger partial charge >= 0.3 is 12.3 Å². The molecule has 1 heterocycles. The minimum Gasteiger partial charge on any atom is -0.445 e. The Morgan fingerprint density at radius 1 is 0.894 bits per heavy atom. The number of morpholine rings is 1. The first-order valence-electron chi connectivity index (χ1n) is 15.8. The van der Waals surface area contributed by atoms with Crippen LogP contribution in [0.3, 0.4) is 0 Å². The van der Waals surface area contributed by atoms with Crippen molar-refractivity contribution in [2.24, 2.45) is 5.92 Å². The van der Waals surface area contributed by atoms with Crippen LogP contribution in [0.2, 0.25) is 0 Å². The number of carbonyl (C=O) groups is 2. The summed E-state index contributed by atoms with van der Waals surface area (Å²) in [4.78, 5) is 25.7. The second-order valence-corrected chi connectivity index (χ2v) is 11.4. The first-order valence-corrected chi connectivity index (χ1v) is 15.8. The molecule has 2 unspecified atom stereocenters. The Labute approximate surface area is 275 Å². The van der Waals surface area contributed by atoms with Crippen LogP contribution < -0.4 is 26.2 Å². The Balaban J connectivity index is 0.000000420. The molecule has 0 radical (unpaired) electrons. The average molecular weight is 658 g/mol. The fraction of sp³-hybridized carbons (Fsp3) is 0.429. The van der Waals surface area contributed by atoms with E-state index in [9.17, 15) is 22.8 Å². The molecule has 12 heteroatoms. The molecule has 0 aromatic heterocycles. The van der Waals surface area contributed by atoms with E-state index >= 15 is 0 Å². The van der Waals surface area contributed by atoms with Crippen LogP contribution in [0.1, 0.15) is 37.4 Å². The Kier molecular flexibility index (Phi) is 15.3. The number of hydrogen-bond acceptors (Lipinski definition) is 7. The molecule has 47 heavy (non-hydrogen) atoms. The average Bonchev–Trinajstić information content (AvgIpc) is 3.08. The van der Waals surface area contributed by atoms with Gasteiger partial charge in [-0.25, -0.2) is 4.79 Å². The molecule has 4 rings (SSSR count). The largest absolute Gasteiger partial charge is 0.445 e. The summed E-state index contributed by atoms with van der Waals surface area (Å²) in [6.07, 6.45) is -4.63. The number of nitrogens with zero attached hydrogens (tertiary/aromatic N) is 1. The summed E-state index contributed by atoms with van der Waals surface area (Å²) in [6, 6.07) is 22.3. The molecule has 256 valence electrons. The zero-order valence-corrected chi connectivity index (χ0v) is 27.2. The third-order valence-electron chi connectivity index (χ3n) is 7.27. The summed E-state index contributed by atoms with van der Waals surface area (Å²) < 4.78 is 51.6. The lowest BCUT2D eigenvalue weighted by molar-refractivity contribution is -0.161. The van der Waals surface area contributed by atoms with Gasteiger partial charge in [0.1, 0.15) is 12.6 Å². The van der Waals surface area contributed by atoms with Crippen LogP contribution in [-0.2, 0) is 20.9 Å². The van der Waals surface area contributed by atoms with E-state index in [-0.39, 0.29) is 11.5 Å². The first kappa shape index (κ1) is 37.2. The van der Waals surface area contributed by atoms with Crippen LogP contribution in [0.4, 0.5) is 29.3 Å². The highest BCUT2D eigenvalue weighted by Gasteiger charge is 2.42. The number of alkyl carbamates (subject to hydrolysis) is 1. The summed E-state index contributed by atoms with van der Waals surface area (Å²) in [5.41, 5.74) is 3.12. The minimum absolute atomic E-state index is 0.0472. The molecule has 1 saturated heterocycles. The molecule has 3 aromatic rings. The van der Waals surface area contributed by atoms with Gasteiger partial charge in [-0.05, 0) is 47.7 Å². The van der Waals surface area contributed by atoms with Crippen molar-refractivity contribution >= 4 is 23.4 Å². The molecule has 0 saturated carbocycles. The lowest BCUT2D eigenvalue weighted by Gasteiger charge is -2.29. The van der Waals surface area contributed by atoms with Gasteiger partial charge in [0.15, 0.2) is 0 Å². The van der Waals surface area contributed by atoms with E-state index < -0.39 is 30.3 Å². The van der Waals surface area contributed by atoms with E-state index in [1.54, 1.807) is 18.2 Å². The third kappa shape index (κ3) is 13.5. The fourth-order valence-corrected chi connectivity index (χ4v) is 4.87. The van der Waals surface area contributed by atoms with Crippen molar-refractivity contribution in [3.8, 4) is 0 Å². The molecule has 1 aliphatic rings. The molecule has 9 nitrogen and oxygen atoms in total. The number of anilines is 2. The molecule has 1 fully saturated rings.